The fourth-order valence-electron chi connectivity index (χ4n) is 1.82. The molecule has 0 saturated carbocycles. The summed E-state index contributed by atoms with van der Waals surface area (Å²) in [5.74, 6) is 0. The lowest BCUT2D eigenvalue weighted by Gasteiger charge is -2.06. The van der Waals surface area contributed by atoms with Crippen molar-refractivity contribution in [3.63, 3.8) is 0 Å². The van der Waals surface area contributed by atoms with Gasteiger partial charge >= 0.3 is 0 Å². The Labute approximate surface area is 88.5 Å². The first-order valence-electron chi connectivity index (χ1n) is 5.04. The monoisotopic (exact) mass is 212 g/mol. The van der Waals surface area contributed by atoms with Crippen LogP contribution in [0.4, 0.5) is 0 Å². The van der Waals surface area contributed by atoms with Crippen LogP contribution in [0.5, 0.6) is 0 Å². The maximum Gasteiger partial charge on any atom is 0.119 e. The van der Waals surface area contributed by atoms with Crippen molar-refractivity contribution in [3.05, 3.63) is 16.1 Å². The van der Waals surface area contributed by atoms with Gasteiger partial charge in [0.05, 0.1) is 12.3 Å². The molecular weight excluding hydrogens is 196 g/mol. The number of hydrogen-bond acceptors (Lipinski definition) is 4. The maximum atomic E-state index is 5.04. The van der Waals surface area contributed by atoms with Gasteiger partial charge in [-0.05, 0) is 19.4 Å². The molecule has 0 spiro atoms. The van der Waals surface area contributed by atoms with E-state index in [0.717, 1.165) is 11.4 Å². The number of nitrogens with one attached hydrogen (secondary N) is 1. The summed E-state index contributed by atoms with van der Waals surface area (Å²) in [6, 6.07) is 0.646. The minimum absolute atomic E-state index is 0.642. The van der Waals surface area contributed by atoms with Crippen LogP contribution in [0.1, 0.15) is 23.5 Å². The van der Waals surface area contributed by atoms with Gasteiger partial charge in [0.2, 0.25) is 0 Å². The second-order valence-corrected chi connectivity index (χ2v) is 4.61. The first-order chi connectivity index (χ1) is 6.88. The zero-order valence-corrected chi connectivity index (χ0v) is 9.27. The van der Waals surface area contributed by atoms with Gasteiger partial charge in [-0.3, -0.25) is 0 Å². The van der Waals surface area contributed by atoms with Gasteiger partial charge in [0.1, 0.15) is 5.01 Å². The van der Waals surface area contributed by atoms with Gasteiger partial charge in [-0.15, -0.1) is 11.3 Å². The Bertz CT molecular complexity index is 281. The van der Waals surface area contributed by atoms with Crippen molar-refractivity contribution >= 4 is 11.3 Å². The molecule has 1 aromatic rings. The molecule has 0 aliphatic carbocycles. The highest BCUT2D eigenvalue weighted by Crippen LogP contribution is 2.15. The fraction of sp³-hybridized carbons (Fsp3) is 0.700. The molecule has 1 aliphatic heterocycles. The van der Waals surface area contributed by atoms with Gasteiger partial charge in [0.25, 0.3) is 0 Å². The average molecular weight is 212 g/mol. The van der Waals surface area contributed by atoms with Crippen LogP contribution in [-0.4, -0.2) is 24.7 Å². The summed E-state index contributed by atoms with van der Waals surface area (Å²) < 4.78 is 5.04. The lowest BCUT2D eigenvalue weighted by Crippen LogP contribution is -2.23. The van der Waals surface area contributed by atoms with Gasteiger partial charge < -0.3 is 10.1 Å². The van der Waals surface area contributed by atoms with Crippen LogP contribution in [0.3, 0.4) is 0 Å². The smallest absolute Gasteiger partial charge is 0.119 e. The van der Waals surface area contributed by atoms with Crippen molar-refractivity contribution in [1.29, 1.82) is 0 Å². The van der Waals surface area contributed by atoms with Crippen LogP contribution in [0, 0.1) is 0 Å². The number of hydrogen-bond donors (Lipinski definition) is 1. The molecule has 2 heterocycles. The van der Waals surface area contributed by atoms with E-state index in [4.69, 9.17) is 4.74 Å². The molecule has 3 nitrogen and oxygen atoms in total. The van der Waals surface area contributed by atoms with E-state index in [1.165, 1.54) is 25.1 Å². The molecule has 0 bridgehead atoms. The van der Waals surface area contributed by atoms with Crippen molar-refractivity contribution in [2.24, 2.45) is 0 Å². The second kappa shape index (κ2) is 4.87. The third-order valence-electron chi connectivity index (χ3n) is 2.49. The highest BCUT2D eigenvalue weighted by atomic mass is 32.1. The molecule has 1 aliphatic rings. The number of thiazole rings is 1. The quantitative estimate of drug-likeness (QED) is 0.823. The minimum Gasteiger partial charge on any atom is -0.378 e. The first kappa shape index (κ1) is 10.1. The van der Waals surface area contributed by atoms with Crippen molar-refractivity contribution in [3.8, 4) is 0 Å². The van der Waals surface area contributed by atoms with Crippen molar-refractivity contribution in [1.82, 2.24) is 10.3 Å². The molecule has 1 aromatic heterocycles. The Balaban J connectivity index is 1.88. The van der Waals surface area contributed by atoms with Gasteiger partial charge in [0.15, 0.2) is 0 Å². The number of nitrogens with zero attached hydrogens (tertiary/aromatic N) is 1. The summed E-state index contributed by atoms with van der Waals surface area (Å²) in [6.07, 6.45) is 3.66. The standard InChI is InChI=1S/C10H16N2OS/c1-13-6-10-12-9(7-14-10)5-8-3-2-4-11-8/h7-8,11H,2-6H2,1H3. The van der Waals surface area contributed by atoms with Crippen LogP contribution in [-0.2, 0) is 17.8 Å². The number of methoxy groups -OCH3 is 1. The van der Waals surface area contributed by atoms with Gasteiger partial charge in [-0.1, -0.05) is 0 Å². The minimum atomic E-state index is 0.642. The second-order valence-electron chi connectivity index (χ2n) is 3.66. The summed E-state index contributed by atoms with van der Waals surface area (Å²) in [5.41, 5.74) is 1.21. The summed E-state index contributed by atoms with van der Waals surface area (Å²) in [5, 5.41) is 6.71. The van der Waals surface area contributed by atoms with Gasteiger partial charge in [0, 0.05) is 25.0 Å². The van der Waals surface area contributed by atoms with Gasteiger partial charge in [-0.2, -0.15) is 0 Å². The fourth-order valence-corrected chi connectivity index (χ4v) is 2.59. The van der Waals surface area contributed by atoms with E-state index in [0.29, 0.717) is 12.6 Å². The number of ether oxygens (including phenoxy) is 1. The number of aromatic nitrogens is 1. The Morgan fingerprint density at radius 1 is 1.71 bits per heavy atom. The Morgan fingerprint density at radius 2 is 2.64 bits per heavy atom. The lowest BCUT2D eigenvalue weighted by molar-refractivity contribution is 0.184. The average Bonchev–Trinajstić information content (AvgIpc) is 2.79. The molecule has 0 amide bonds. The number of rotatable bonds is 4. The predicted octanol–water partition coefficient (Wildman–Crippen LogP) is 1.58. The molecule has 0 aromatic carbocycles. The summed E-state index contributed by atoms with van der Waals surface area (Å²) in [4.78, 5) is 4.52. The largest absolute Gasteiger partial charge is 0.378 e. The molecule has 1 unspecified atom stereocenters. The normalized spacial score (nSPS) is 21.6. The molecule has 1 N–H and O–H groups in total. The van der Waals surface area contributed by atoms with E-state index in [-0.39, 0.29) is 0 Å². The van der Waals surface area contributed by atoms with E-state index in [1.807, 2.05) is 0 Å². The predicted molar refractivity (Wildman–Crippen MR) is 57.6 cm³/mol. The van der Waals surface area contributed by atoms with E-state index in [2.05, 4.69) is 15.7 Å². The van der Waals surface area contributed by atoms with Gasteiger partial charge in [-0.25, -0.2) is 4.98 Å². The zero-order chi connectivity index (χ0) is 9.80. The maximum absolute atomic E-state index is 5.04. The Hall–Kier alpha value is -0.450. The summed E-state index contributed by atoms with van der Waals surface area (Å²) in [6.45, 7) is 1.81. The molecule has 1 atom stereocenters. The Kier molecular flexibility index (Phi) is 3.50. The highest BCUT2D eigenvalue weighted by molar-refractivity contribution is 7.09. The van der Waals surface area contributed by atoms with Crippen LogP contribution >= 0.6 is 11.3 Å². The molecule has 2 rings (SSSR count). The van der Waals surface area contributed by atoms with Crippen LogP contribution < -0.4 is 5.32 Å². The van der Waals surface area contributed by atoms with E-state index < -0.39 is 0 Å². The molecule has 0 radical (unpaired) electrons. The first-order valence-corrected chi connectivity index (χ1v) is 5.92. The molecule has 14 heavy (non-hydrogen) atoms. The third kappa shape index (κ3) is 2.53. The summed E-state index contributed by atoms with van der Waals surface area (Å²) >= 11 is 1.69. The molecule has 78 valence electrons. The van der Waals surface area contributed by atoms with Crippen molar-refractivity contribution < 1.29 is 4.74 Å². The van der Waals surface area contributed by atoms with Crippen molar-refractivity contribution in [2.45, 2.75) is 31.9 Å². The summed E-state index contributed by atoms with van der Waals surface area (Å²) in [7, 11) is 1.71. The SMILES string of the molecule is COCc1nc(CC2CCCN2)cs1. The molecular formula is C10H16N2OS. The van der Waals surface area contributed by atoms with E-state index >= 15 is 0 Å². The van der Waals surface area contributed by atoms with Crippen LogP contribution in [0.15, 0.2) is 5.38 Å². The third-order valence-corrected chi connectivity index (χ3v) is 3.36. The lowest BCUT2D eigenvalue weighted by atomic mass is 10.1. The van der Waals surface area contributed by atoms with Crippen LogP contribution in [0.2, 0.25) is 0 Å². The van der Waals surface area contributed by atoms with E-state index in [9.17, 15) is 0 Å². The zero-order valence-electron chi connectivity index (χ0n) is 8.45. The molecule has 1 saturated heterocycles. The molecule has 4 heteroatoms. The van der Waals surface area contributed by atoms with Crippen molar-refractivity contribution in [2.75, 3.05) is 13.7 Å². The Morgan fingerprint density at radius 3 is 3.36 bits per heavy atom. The molecule has 1 fully saturated rings. The van der Waals surface area contributed by atoms with Crippen LogP contribution in [0.25, 0.3) is 0 Å². The highest BCUT2D eigenvalue weighted by Gasteiger charge is 2.15. The van der Waals surface area contributed by atoms with E-state index in [1.54, 1.807) is 18.4 Å². The topological polar surface area (TPSA) is 34.1 Å².